The zero-order valence-corrected chi connectivity index (χ0v) is 14.8. The number of aromatic nitrogens is 2. The fourth-order valence-electron chi connectivity index (χ4n) is 3.23. The van der Waals surface area contributed by atoms with Crippen LogP contribution in [-0.4, -0.2) is 22.0 Å². The number of hydrogen-bond donors (Lipinski definition) is 1. The number of imidazole rings is 1. The number of hydrogen-bond acceptors (Lipinski definition) is 2. The molecule has 1 aromatic carbocycles. The van der Waals surface area contributed by atoms with E-state index in [-0.39, 0.29) is 11.8 Å². The molecule has 2 aromatic rings. The molecular weight excluding hydrogens is 298 g/mol. The monoisotopic (exact) mass is 327 g/mol. The van der Waals surface area contributed by atoms with Gasteiger partial charge in [-0.25, -0.2) is 4.98 Å². The highest BCUT2D eigenvalue weighted by atomic mass is 16.2. The van der Waals surface area contributed by atoms with Crippen molar-refractivity contribution in [1.82, 2.24) is 14.9 Å². The van der Waals surface area contributed by atoms with Crippen LogP contribution < -0.4 is 5.32 Å². The van der Waals surface area contributed by atoms with Crippen LogP contribution in [0, 0.1) is 5.92 Å². The number of fused-ring (bicyclic) bond motifs is 1. The Hall–Kier alpha value is -1.84. The first-order valence-corrected chi connectivity index (χ1v) is 9.51. The first-order chi connectivity index (χ1) is 11.8. The topological polar surface area (TPSA) is 46.9 Å². The predicted octanol–water partition coefficient (Wildman–Crippen LogP) is 4.08. The molecule has 1 amide bonds. The van der Waals surface area contributed by atoms with Crippen molar-refractivity contribution in [3.05, 3.63) is 30.1 Å². The third-order valence-corrected chi connectivity index (χ3v) is 4.81. The number of nitrogens with one attached hydrogen (secondary N) is 1. The van der Waals surface area contributed by atoms with Gasteiger partial charge in [0.25, 0.3) is 0 Å². The van der Waals surface area contributed by atoms with Gasteiger partial charge in [0.2, 0.25) is 5.91 Å². The number of unbranched alkanes of at least 4 members (excludes halogenated alkanes) is 4. The Bertz CT molecular complexity index is 673. The molecule has 0 aliphatic heterocycles. The van der Waals surface area contributed by atoms with Gasteiger partial charge >= 0.3 is 0 Å². The van der Waals surface area contributed by atoms with E-state index < -0.39 is 0 Å². The van der Waals surface area contributed by atoms with E-state index in [9.17, 15) is 4.79 Å². The van der Waals surface area contributed by atoms with Gasteiger partial charge in [-0.15, -0.1) is 0 Å². The van der Waals surface area contributed by atoms with E-state index in [1.807, 2.05) is 6.07 Å². The third kappa shape index (κ3) is 4.37. The first kappa shape index (κ1) is 17.0. The summed E-state index contributed by atoms with van der Waals surface area (Å²) >= 11 is 0. The summed E-state index contributed by atoms with van der Waals surface area (Å²) in [6.45, 7) is 3.96. The molecule has 4 heteroatoms. The van der Waals surface area contributed by atoms with E-state index in [1.54, 1.807) is 0 Å². The second-order valence-corrected chi connectivity index (χ2v) is 6.90. The van der Waals surface area contributed by atoms with Gasteiger partial charge in [0.15, 0.2) is 0 Å². The van der Waals surface area contributed by atoms with Gasteiger partial charge in [0.05, 0.1) is 11.0 Å². The Morgan fingerprint density at radius 3 is 2.79 bits per heavy atom. The molecule has 1 aliphatic carbocycles. The van der Waals surface area contributed by atoms with E-state index in [1.165, 1.54) is 37.6 Å². The number of rotatable bonds is 10. The van der Waals surface area contributed by atoms with Crippen molar-refractivity contribution in [2.24, 2.45) is 5.92 Å². The molecule has 3 rings (SSSR count). The first-order valence-electron chi connectivity index (χ1n) is 9.51. The fraction of sp³-hybridized carbons (Fsp3) is 0.600. The molecular formula is C20H29N3O. The summed E-state index contributed by atoms with van der Waals surface area (Å²) in [4.78, 5) is 16.6. The zero-order chi connectivity index (χ0) is 16.8. The van der Waals surface area contributed by atoms with Gasteiger partial charge in [-0.05, 0) is 31.4 Å². The van der Waals surface area contributed by atoms with Crippen LogP contribution in [0.15, 0.2) is 24.3 Å². The van der Waals surface area contributed by atoms with Crippen LogP contribution in [0.4, 0.5) is 0 Å². The zero-order valence-electron chi connectivity index (χ0n) is 14.8. The van der Waals surface area contributed by atoms with Crippen molar-refractivity contribution < 1.29 is 4.79 Å². The van der Waals surface area contributed by atoms with Crippen molar-refractivity contribution in [1.29, 1.82) is 0 Å². The Morgan fingerprint density at radius 1 is 1.21 bits per heavy atom. The average Bonchev–Trinajstić information content (AvgIpc) is 3.38. The van der Waals surface area contributed by atoms with Crippen molar-refractivity contribution in [3.63, 3.8) is 0 Å². The lowest BCUT2D eigenvalue weighted by Crippen LogP contribution is -2.27. The normalized spacial score (nSPS) is 14.2. The van der Waals surface area contributed by atoms with E-state index in [4.69, 9.17) is 4.98 Å². The molecule has 0 saturated heterocycles. The number of benzene rings is 1. The van der Waals surface area contributed by atoms with Gasteiger partial charge in [-0.3, -0.25) is 4.79 Å². The minimum Gasteiger partial charge on any atom is -0.355 e. The smallest absolute Gasteiger partial charge is 0.223 e. The van der Waals surface area contributed by atoms with Crippen LogP contribution in [0.25, 0.3) is 11.0 Å². The molecule has 0 unspecified atom stereocenters. The lowest BCUT2D eigenvalue weighted by molar-refractivity contribution is -0.122. The molecule has 24 heavy (non-hydrogen) atoms. The minimum absolute atomic E-state index is 0.220. The van der Waals surface area contributed by atoms with Gasteiger partial charge in [0.1, 0.15) is 5.82 Å². The van der Waals surface area contributed by atoms with Gasteiger partial charge in [-0.1, -0.05) is 44.7 Å². The van der Waals surface area contributed by atoms with Crippen molar-refractivity contribution in [2.75, 3.05) is 6.54 Å². The molecule has 0 radical (unpaired) electrons. The Balaban J connectivity index is 1.61. The lowest BCUT2D eigenvalue weighted by Gasteiger charge is -2.10. The fourth-order valence-corrected chi connectivity index (χ4v) is 3.23. The maximum Gasteiger partial charge on any atom is 0.223 e. The highest BCUT2D eigenvalue weighted by Crippen LogP contribution is 2.28. The number of amides is 1. The quantitative estimate of drug-likeness (QED) is 0.669. The van der Waals surface area contributed by atoms with E-state index in [0.29, 0.717) is 6.54 Å². The van der Waals surface area contributed by atoms with Crippen molar-refractivity contribution >= 4 is 16.9 Å². The highest BCUT2D eigenvalue weighted by Gasteiger charge is 2.29. The van der Waals surface area contributed by atoms with Crippen LogP contribution in [-0.2, 0) is 17.8 Å². The lowest BCUT2D eigenvalue weighted by atomic mass is 10.1. The minimum atomic E-state index is 0.220. The molecule has 0 spiro atoms. The van der Waals surface area contributed by atoms with Crippen LogP contribution in [0.2, 0.25) is 0 Å². The molecule has 1 heterocycles. The van der Waals surface area contributed by atoms with Gasteiger partial charge in [0, 0.05) is 25.4 Å². The van der Waals surface area contributed by atoms with Crippen molar-refractivity contribution in [3.8, 4) is 0 Å². The Morgan fingerprint density at radius 2 is 2.00 bits per heavy atom. The Labute approximate surface area is 144 Å². The highest BCUT2D eigenvalue weighted by molar-refractivity contribution is 5.80. The summed E-state index contributed by atoms with van der Waals surface area (Å²) in [6, 6.07) is 8.35. The van der Waals surface area contributed by atoms with E-state index >= 15 is 0 Å². The molecule has 0 atom stereocenters. The molecule has 1 N–H and O–H groups in total. The number of nitrogens with zero attached hydrogens (tertiary/aromatic N) is 2. The number of para-hydroxylation sites is 2. The molecule has 1 saturated carbocycles. The van der Waals surface area contributed by atoms with Crippen LogP contribution >= 0.6 is 0 Å². The standard InChI is InChI=1S/C20H29N3O/c1-2-3-4-5-8-15-23-18-10-7-6-9-17(18)22-19(23)13-14-21-20(24)16-11-12-16/h6-7,9-10,16H,2-5,8,11-15H2,1H3,(H,21,24). The average molecular weight is 327 g/mol. The second-order valence-electron chi connectivity index (χ2n) is 6.90. The summed E-state index contributed by atoms with van der Waals surface area (Å²) in [5.41, 5.74) is 2.28. The van der Waals surface area contributed by atoms with E-state index in [0.717, 1.165) is 37.1 Å². The molecule has 1 aliphatic rings. The summed E-state index contributed by atoms with van der Waals surface area (Å²) in [7, 11) is 0. The summed E-state index contributed by atoms with van der Waals surface area (Å²) in [5.74, 6) is 1.60. The summed E-state index contributed by atoms with van der Waals surface area (Å²) < 4.78 is 2.35. The molecule has 0 bridgehead atoms. The third-order valence-electron chi connectivity index (χ3n) is 4.81. The number of carbonyl (C=O) groups excluding carboxylic acids is 1. The summed E-state index contributed by atoms with van der Waals surface area (Å²) in [6.07, 6.45) is 9.31. The van der Waals surface area contributed by atoms with Gasteiger partial charge in [-0.2, -0.15) is 0 Å². The number of carbonyl (C=O) groups is 1. The molecule has 4 nitrogen and oxygen atoms in total. The van der Waals surface area contributed by atoms with Crippen LogP contribution in [0.1, 0.15) is 57.7 Å². The molecule has 1 aromatic heterocycles. The predicted molar refractivity (Wildman–Crippen MR) is 97.9 cm³/mol. The maximum absolute atomic E-state index is 11.8. The van der Waals surface area contributed by atoms with Crippen LogP contribution in [0.3, 0.4) is 0 Å². The Kier molecular flexibility index (Phi) is 5.89. The summed E-state index contributed by atoms with van der Waals surface area (Å²) in [5, 5.41) is 3.06. The van der Waals surface area contributed by atoms with E-state index in [2.05, 4.69) is 35.0 Å². The van der Waals surface area contributed by atoms with Gasteiger partial charge < -0.3 is 9.88 Å². The second kappa shape index (κ2) is 8.32. The SMILES string of the molecule is CCCCCCCn1c(CCNC(=O)C2CC2)nc2ccccc21. The largest absolute Gasteiger partial charge is 0.355 e. The van der Waals surface area contributed by atoms with Crippen LogP contribution in [0.5, 0.6) is 0 Å². The number of aryl methyl sites for hydroxylation is 1. The molecule has 1 fully saturated rings. The molecule has 130 valence electrons. The van der Waals surface area contributed by atoms with Crippen molar-refractivity contribution in [2.45, 2.75) is 64.8 Å². The maximum atomic E-state index is 11.8.